The molecule has 0 spiro atoms. The SMILES string of the molecule is CCCc1nc(SCC(=O)O[C@@H]2C[C@@H](C)CC[C@H]2C(C)C)n[nH]1. The number of rotatable bonds is 7. The second-order valence-corrected chi connectivity index (χ2v) is 7.90. The molecule has 1 aliphatic carbocycles. The van der Waals surface area contributed by atoms with Crippen LogP contribution in [0, 0.1) is 17.8 Å². The maximum atomic E-state index is 12.2. The van der Waals surface area contributed by atoms with Crippen LogP contribution in [0.25, 0.3) is 0 Å². The third kappa shape index (κ3) is 5.52. The molecule has 1 aromatic heterocycles. The fraction of sp³-hybridized carbons (Fsp3) is 0.824. The summed E-state index contributed by atoms with van der Waals surface area (Å²) >= 11 is 1.35. The summed E-state index contributed by atoms with van der Waals surface area (Å²) in [6.45, 7) is 8.79. The van der Waals surface area contributed by atoms with Gasteiger partial charge in [-0.05, 0) is 37.0 Å². The van der Waals surface area contributed by atoms with Crippen molar-refractivity contribution in [1.29, 1.82) is 0 Å². The Balaban J connectivity index is 1.82. The normalized spacial score (nSPS) is 24.8. The number of aryl methyl sites for hydroxylation is 1. The average Bonchev–Trinajstić information content (AvgIpc) is 2.93. The zero-order valence-electron chi connectivity index (χ0n) is 14.7. The minimum atomic E-state index is -0.151. The minimum absolute atomic E-state index is 0.0645. The average molecular weight is 340 g/mol. The standard InChI is InChI=1S/C17H29N3O2S/c1-5-6-15-18-17(20-19-15)23-10-16(21)22-14-9-12(4)7-8-13(14)11(2)3/h11-14H,5-10H2,1-4H3,(H,18,19,20)/t12-,13-,14+/m0/s1. The molecule has 1 fully saturated rings. The van der Waals surface area contributed by atoms with Crippen LogP contribution >= 0.6 is 11.8 Å². The molecular weight excluding hydrogens is 310 g/mol. The van der Waals surface area contributed by atoms with Crippen molar-refractivity contribution in [3.63, 3.8) is 0 Å². The van der Waals surface area contributed by atoms with Crippen LogP contribution in [0.4, 0.5) is 0 Å². The third-order valence-corrected chi connectivity index (χ3v) is 5.38. The molecule has 0 aliphatic heterocycles. The predicted molar refractivity (Wildman–Crippen MR) is 92.3 cm³/mol. The van der Waals surface area contributed by atoms with Crippen molar-refractivity contribution in [2.45, 2.75) is 71.1 Å². The summed E-state index contributed by atoms with van der Waals surface area (Å²) in [7, 11) is 0. The van der Waals surface area contributed by atoms with Crippen molar-refractivity contribution in [2.24, 2.45) is 17.8 Å². The quantitative estimate of drug-likeness (QED) is 0.603. The van der Waals surface area contributed by atoms with Crippen LogP contribution in [0.5, 0.6) is 0 Å². The number of aromatic nitrogens is 3. The van der Waals surface area contributed by atoms with E-state index in [1.54, 1.807) is 0 Å². The van der Waals surface area contributed by atoms with Gasteiger partial charge >= 0.3 is 5.97 Å². The summed E-state index contributed by atoms with van der Waals surface area (Å²) in [6, 6.07) is 0. The Morgan fingerprint density at radius 3 is 2.91 bits per heavy atom. The van der Waals surface area contributed by atoms with Gasteiger partial charge < -0.3 is 4.74 Å². The lowest BCUT2D eigenvalue weighted by molar-refractivity contribution is -0.152. The van der Waals surface area contributed by atoms with Gasteiger partial charge in [0.2, 0.25) is 5.16 Å². The Morgan fingerprint density at radius 2 is 2.22 bits per heavy atom. The van der Waals surface area contributed by atoms with Gasteiger partial charge in [0.15, 0.2) is 0 Å². The molecule has 1 heterocycles. The number of carbonyl (C=O) groups excluding carboxylic acids is 1. The molecule has 6 heteroatoms. The van der Waals surface area contributed by atoms with E-state index in [0.29, 0.717) is 22.9 Å². The summed E-state index contributed by atoms with van der Waals surface area (Å²) in [5.74, 6) is 2.68. The maximum Gasteiger partial charge on any atom is 0.316 e. The highest BCUT2D eigenvalue weighted by Crippen LogP contribution is 2.35. The summed E-state index contributed by atoms with van der Waals surface area (Å²) in [6.07, 6.45) is 5.36. The van der Waals surface area contributed by atoms with Gasteiger partial charge in [-0.2, -0.15) is 0 Å². The third-order valence-electron chi connectivity index (χ3n) is 4.56. The van der Waals surface area contributed by atoms with Gasteiger partial charge in [-0.3, -0.25) is 9.89 Å². The summed E-state index contributed by atoms with van der Waals surface area (Å²) in [4.78, 5) is 16.5. The van der Waals surface area contributed by atoms with Crippen LogP contribution in [0.2, 0.25) is 0 Å². The van der Waals surface area contributed by atoms with Crippen molar-refractivity contribution in [2.75, 3.05) is 5.75 Å². The molecule has 0 aromatic carbocycles. The first-order valence-electron chi connectivity index (χ1n) is 8.73. The number of esters is 1. The number of nitrogens with one attached hydrogen (secondary N) is 1. The number of aromatic amines is 1. The fourth-order valence-electron chi connectivity index (χ4n) is 3.27. The van der Waals surface area contributed by atoms with Crippen LogP contribution in [-0.2, 0) is 16.0 Å². The van der Waals surface area contributed by atoms with E-state index in [1.165, 1.54) is 18.2 Å². The van der Waals surface area contributed by atoms with Gasteiger partial charge in [0.1, 0.15) is 11.9 Å². The number of nitrogens with zero attached hydrogens (tertiary/aromatic N) is 2. The molecule has 23 heavy (non-hydrogen) atoms. The molecule has 0 bridgehead atoms. The molecule has 0 saturated heterocycles. The fourth-order valence-corrected chi connectivity index (χ4v) is 3.87. The number of H-pyrrole nitrogens is 1. The van der Waals surface area contributed by atoms with Crippen LogP contribution in [0.1, 0.15) is 59.2 Å². The Bertz CT molecular complexity index is 504. The Labute approximate surface area is 143 Å². The predicted octanol–water partition coefficient (Wildman–Crippen LogP) is 3.85. The summed E-state index contributed by atoms with van der Waals surface area (Å²) in [5.41, 5.74) is 0. The number of ether oxygens (including phenoxy) is 1. The molecule has 5 nitrogen and oxygen atoms in total. The van der Waals surface area contributed by atoms with E-state index in [-0.39, 0.29) is 17.8 Å². The lowest BCUT2D eigenvalue weighted by atomic mass is 9.75. The lowest BCUT2D eigenvalue weighted by Crippen LogP contribution is -2.36. The van der Waals surface area contributed by atoms with E-state index in [4.69, 9.17) is 4.74 Å². The molecule has 2 rings (SSSR count). The number of thioether (sulfide) groups is 1. The van der Waals surface area contributed by atoms with Gasteiger partial charge in [-0.1, -0.05) is 45.9 Å². The molecular formula is C17H29N3O2S. The molecule has 0 amide bonds. The van der Waals surface area contributed by atoms with Crippen molar-refractivity contribution in [3.05, 3.63) is 5.82 Å². The topological polar surface area (TPSA) is 67.9 Å². The molecule has 130 valence electrons. The first-order chi connectivity index (χ1) is 11.0. The van der Waals surface area contributed by atoms with Gasteiger partial charge in [0, 0.05) is 6.42 Å². The van der Waals surface area contributed by atoms with E-state index in [1.807, 2.05) is 0 Å². The first kappa shape index (κ1) is 18.3. The number of carbonyl (C=O) groups is 1. The van der Waals surface area contributed by atoms with Crippen LogP contribution in [0.3, 0.4) is 0 Å². The van der Waals surface area contributed by atoms with Gasteiger partial charge in [-0.25, -0.2) is 4.98 Å². The Kier molecular flexibility index (Phi) is 6.93. The van der Waals surface area contributed by atoms with Crippen LogP contribution in [0.15, 0.2) is 5.16 Å². The van der Waals surface area contributed by atoms with Crippen LogP contribution < -0.4 is 0 Å². The zero-order chi connectivity index (χ0) is 16.8. The second-order valence-electron chi connectivity index (χ2n) is 6.96. The molecule has 1 aromatic rings. The van der Waals surface area contributed by atoms with E-state index >= 15 is 0 Å². The van der Waals surface area contributed by atoms with Crippen molar-refractivity contribution in [1.82, 2.24) is 15.2 Å². The lowest BCUT2D eigenvalue weighted by Gasteiger charge is -2.36. The Morgan fingerprint density at radius 1 is 1.43 bits per heavy atom. The summed E-state index contributed by atoms with van der Waals surface area (Å²) in [5, 5.41) is 7.66. The summed E-state index contributed by atoms with van der Waals surface area (Å²) < 4.78 is 5.79. The van der Waals surface area contributed by atoms with Crippen molar-refractivity contribution in [3.8, 4) is 0 Å². The van der Waals surface area contributed by atoms with Crippen molar-refractivity contribution < 1.29 is 9.53 Å². The van der Waals surface area contributed by atoms with E-state index in [2.05, 4.69) is 42.9 Å². The first-order valence-corrected chi connectivity index (χ1v) is 9.71. The van der Waals surface area contributed by atoms with Crippen molar-refractivity contribution >= 4 is 17.7 Å². The van der Waals surface area contributed by atoms with E-state index < -0.39 is 0 Å². The minimum Gasteiger partial charge on any atom is -0.461 e. The van der Waals surface area contributed by atoms with Crippen LogP contribution in [-0.4, -0.2) is 33.0 Å². The maximum absolute atomic E-state index is 12.2. The molecule has 3 atom stereocenters. The van der Waals surface area contributed by atoms with Gasteiger partial charge in [-0.15, -0.1) is 5.10 Å². The van der Waals surface area contributed by atoms with Gasteiger partial charge in [0.05, 0.1) is 5.75 Å². The monoisotopic (exact) mass is 339 g/mol. The number of hydrogen-bond donors (Lipinski definition) is 1. The highest BCUT2D eigenvalue weighted by molar-refractivity contribution is 7.99. The highest BCUT2D eigenvalue weighted by Gasteiger charge is 2.33. The highest BCUT2D eigenvalue weighted by atomic mass is 32.2. The number of hydrogen-bond acceptors (Lipinski definition) is 5. The van der Waals surface area contributed by atoms with E-state index in [0.717, 1.165) is 31.5 Å². The largest absolute Gasteiger partial charge is 0.461 e. The zero-order valence-corrected chi connectivity index (χ0v) is 15.5. The Hall–Kier alpha value is -1.04. The van der Waals surface area contributed by atoms with E-state index in [9.17, 15) is 4.79 Å². The molecule has 1 N–H and O–H groups in total. The molecule has 1 aliphatic rings. The smallest absolute Gasteiger partial charge is 0.316 e. The molecule has 0 unspecified atom stereocenters. The second kappa shape index (κ2) is 8.71. The molecule has 1 saturated carbocycles. The van der Waals surface area contributed by atoms with Gasteiger partial charge in [0.25, 0.3) is 0 Å². The molecule has 0 radical (unpaired) electrons.